The molecule has 0 aromatic carbocycles. The van der Waals surface area contributed by atoms with Crippen LogP contribution >= 0.6 is 11.3 Å². The van der Waals surface area contributed by atoms with Crippen LogP contribution in [0.2, 0.25) is 0 Å². The van der Waals surface area contributed by atoms with Crippen molar-refractivity contribution in [3.05, 3.63) is 16.3 Å². The lowest BCUT2D eigenvalue weighted by molar-refractivity contribution is -0.114. The monoisotopic (exact) mass is 296 g/mol. The summed E-state index contributed by atoms with van der Waals surface area (Å²) in [5.74, 6) is -0.0231. The molecule has 1 saturated carbocycles. The molecule has 112 valence electrons. The first-order valence-corrected chi connectivity index (χ1v) is 8.02. The van der Waals surface area contributed by atoms with E-state index in [4.69, 9.17) is 4.74 Å². The van der Waals surface area contributed by atoms with Crippen molar-refractivity contribution in [3.8, 4) is 0 Å². The van der Waals surface area contributed by atoms with E-state index in [1.54, 1.807) is 11.3 Å². The molecule has 1 heterocycles. The topological polar surface area (TPSA) is 50.4 Å². The molecule has 4 nitrogen and oxygen atoms in total. The predicted molar refractivity (Wildman–Crippen MR) is 83.1 cm³/mol. The number of carbonyl (C=O) groups is 1. The number of rotatable bonds is 6. The maximum atomic E-state index is 11.1. The third kappa shape index (κ3) is 3.22. The summed E-state index contributed by atoms with van der Waals surface area (Å²) >= 11 is 1.67. The third-order valence-corrected chi connectivity index (χ3v) is 5.03. The van der Waals surface area contributed by atoms with E-state index in [2.05, 4.69) is 24.5 Å². The number of ether oxygens (including phenoxy) is 1. The Kier molecular flexibility index (Phi) is 4.83. The fraction of sp³-hybridized carbons (Fsp3) is 0.667. The number of hydrogen-bond donors (Lipinski definition) is 2. The van der Waals surface area contributed by atoms with Crippen LogP contribution in [0.3, 0.4) is 0 Å². The van der Waals surface area contributed by atoms with Crippen molar-refractivity contribution in [1.29, 1.82) is 0 Å². The Labute approximate surface area is 124 Å². The molecule has 2 rings (SSSR count). The minimum atomic E-state index is -0.0231. The molecule has 1 fully saturated rings. The number of hydrogen-bond acceptors (Lipinski definition) is 4. The van der Waals surface area contributed by atoms with Gasteiger partial charge in [0.2, 0.25) is 5.91 Å². The van der Waals surface area contributed by atoms with Gasteiger partial charge in [-0.1, -0.05) is 13.8 Å². The zero-order valence-electron chi connectivity index (χ0n) is 12.7. The van der Waals surface area contributed by atoms with Gasteiger partial charge in [-0.2, -0.15) is 0 Å². The molecule has 5 heteroatoms. The van der Waals surface area contributed by atoms with Gasteiger partial charge in [0, 0.05) is 36.4 Å². The highest BCUT2D eigenvalue weighted by atomic mass is 32.1. The zero-order chi connectivity index (χ0) is 14.8. The second kappa shape index (κ2) is 6.24. The summed E-state index contributed by atoms with van der Waals surface area (Å²) in [6.07, 6.45) is 1.41. The average molecular weight is 296 g/mol. The first-order chi connectivity index (χ1) is 9.45. The van der Waals surface area contributed by atoms with E-state index >= 15 is 0 Å². The van der Waals surface area contributed by atoms with Gasteiger partial charge in [-0.05, 0) is 24.8 Å². The van der Waals surface area contributed by atoms with Gasteiger partial charge < -0.3 is 15.4 Å². The Morgan fingerprint density at radius 3 is 2.90 bits per heavy atom. The first kappa shape index (κ1) is 15.5. The molecule has 20 heavy (non-hydrogen) atoms. The third-order valence-electron chi connectivity index (χ3n) is 4.11. The van der Waals surface area contributed by atoms with Gasteiger partial charge in [0.25, 0.3) is 0 Å². The largest absolute Gasteiger partial charge is 0.378 e. The lowest BCUT2D eigenvalue weighted by atomic mass is 9.64. The molecule has 1 aliphatic carbocycles. The molecule has 1 aromatic rings. The lowest BCUT2D eigenvalue weighted by Gasteiger charge is -2.52. The van der Waals surface area contributed by atoms with Crippen molar-refractivity contribution >= 4 is 22.9 Å². The number of thiophene rings is 1. The molecule has 1 aliphatic rings. The zero-order valence-corrected chi connectivity index (χ0v) is 13.5. The van der Waals surface area contributed by atoms with E-state index < -0.39 is 0 Å². The maximum absolute atomic E-state index is 11.1. The van der Waals surface area contributed by atoms with Gasteiger partial charge in [-0.3, -0.25) is 4.79 Å². The van der Waals surface area contributed by atoms with Crippen molar-refractivity contribution in [3.63, 3.8) is 0 Å². The second-order valence-corrected chi connectivity index (χ2v) is 6.87. The smallest absolute Gasteiger partial charge is 0.221 e. The first-order valence-electron chi connectivity index (χ1n) is 7.14. The Hall–Kier alpha value is -0.910. The fourth-order valence-electron chi connectivity index (χ4n) is 2.71. The highest BCUT2D eigenvalue weighted by Gasteiger charge is 2.48. The summed E-state index contributed by atoms with van der Waals surface area (Å²) in [5, 5.41) is 8.47. The number of nitrogens with one attached hydrogen (secondary N) is 2. The number of carbonyl (C=O) groups excluding carboxylic acids is 1. The number of amides is 1. The van der Waals surface area contributed by atoms with Crippen LogP contribution in [0.4, 0.5) is 5.69 Å². The predicted octanol–water partition coefficient (Wildman–Crippen LogP) is 3.00. The molecule has 0 spiro atoms. The van der Waals surface area contributed by atoms with Crippen molar-refractivity contribution in [2.24, 2.45) is 5.41 Å². The Bertz CT molecular complexity index is 470. The SMILES string of the molecule is CCOC1CC(NCc2sccc2NC(C)=O)C1(C)C. The van der Waals surface area contributed by atoms with Crippen molar-refractivity contribution in [1.82, 2.24) is 5.32 Å². The standard InChI is InChI=1S/C15H24N2O2S/c1-5-19-14-8-13(15(14,3)4)16-9-12-11(6-7-20-12)17-10(2)18/h6-7,13-14,16H,5,8-9H2,1-4H3,(H,17,18). The molecule has 2 N–H and O–H groups in total. The molecule has 1 aromatic heterocycles. The molecule has 0 radical (unpaired) electrons. The lowest BCUT2D eigenvalue weighted by Crippen LogP contribution is -2.60. The van der Waals surface area contributed by atoms with E-state index in [0.29, 0.717) is 12.1 Å². The van der Waals surface area contributed by atoms with Crippen LogP contribution in [0.1, 0.15) is 39.0 Å². The van der Waals surface area contributed by atoms with Crippen LogP contribution in [-0.2, 0) is 16.1 Å². The summed E-state index contributed by atoms with van der Waals surface area (Å²) in [6.45, 7) is 9.65. The highest BCUT2D eigenvalue weighted by molar-refractivity contribution is 7.10. The molecular weight excluding hydrogens is 272 g/mol. The molecule has 0 saturated heterocycles. The normalized spacial score (nSPS) is 24.2. The van der Waals surface area contributed by atoms with Gasteiger partial charge >= 0.3 is 0 Å². The van der Waals surface area contributed by atoms with Crippen LogP contribution in [0.5, 0.6) is 0 Å². The molecule has 2 atom stereocenters. The minimum Gasteiger partial charge on any atom is -0.378 e. The van der Waals surface area contributed by atoms with E-state index in [9.17, 15) is 4.79 Å². The molecular formula is C15H24N2O2S. The summed E-state index contributed by atoms with van der Waals surface area (Å²) in [7, 11) is 0. The van der Waals surface area contributed by atoms with Crippen LogP contribution in [0, 0.1) is 5.41 Å². The molecule has 2 unspecified atom stereocenters. The summed E-state index contributed by atoms with van der Waals surface area (Å²) < 4.78 is 5.74. The molecule has 0 bridgehead atoms. The van der Waals surface area contributed by atoms with Gasteiger partial charge in [-0.25, -0.2) is 0 Å². The summed E-state index contributed by atoms with van der Waals surface area (Å²) in [4.78, 5) is 12.3. The minimum absolute atomic E-state index is 0.0231. The molecule has 1 amide bonds. The van der Waals surface area contributed by atoms with Crippen LogP contribution in [0.15, 0.2) is 11.4 Å². The Morgan fingerprint density at radius 2 is 2.30 bits per heavy atom. The molecule has 0 aliphatic heterocycles. The summed E-state index contributed by atoms with van der Waals surface area (Å²) in [6, 6.07) is 2.42. The van der Waals surface area contributed by atoms with E-state index in [0.717, 1.165) is 25.3 Å². The van der Waals surface area contributed by atoms with Crippen LogP contribution in [0.25, 0.3) is 0 Å². The van der Waals surface area contributed by atoms with Crippen molar-refractivity contribution in [2.75, 3.05) is 11.9 Å². The van der Waals surface area contributed by atoms with Gasteiger partial charge in [0.1, 0.15) is 0 Å². The van der Waals surface area contributed by atoms with E-state index in [1.807, 2.05) is 18.4 Å². The van der Waals surface area contributed by atoms with Gasteiger partial charge in [0.05, 0.1) is 11.8 Å². The van der Waals surface area contributed by atoms with Crippen LogP contribution < -0.4 is 10.6 Å². The Balaban J connectivity index is 1.88. The van der Waals surface area contributed by atoms with E-state index in [-0.39, 0.29) is 11.3 Å². The van der Waals surface area contributed by atoms with Crippen molar-refractivity contribution in [2.45, 2.75) is 52.8 Å². The number of anilines is 1. The maximum Gasteiger partial charge on any atom is 0.221 e. The van der Waals surface area contributed by atoms with Gasteiger partial charge in [0.15, 0.2) is 0 Å². The quantitative estimate of drug-likeness (QED) is 0.848. The van der Waals surface area contributed by atoms with Gasteiger partial charge in [-0.15, -0.1) is 11.3 Å². The summed E-state index contributed by atoms with van der Waals surface area (Å²) in [5.41, 5.74) is 1.09. The van der Waals surface area contributed by atoms with Crippen LogP contribution in [-0.4, -0.2) is 24.7 Å². The van der Waals surface area contributed by atoms with E-state index in [1.165, 1.54) is 11.8 Å². The highest BCUT2D eigenvalue weighted by Crippen LogP contribution is 2.43. The fourth-order valence-corrected chi connectivity index (χ4v) is 3.49. The second-order valence-electron chi connectivity index (χ2n) is 5.87. The Morgan fingerprint density at radius 1 is 1.55 bits per heavy atom. The van der Waals surface area contributed by atoms with Crippen molar-refractivity contribution < 1.29 is 9.53 Å². The average Bonchev–Trinajstić information content (AvgIpc) is 2.79.